The topological polar surface area (TPSA) is 52.3 Å². The van der Waals surface area contributed by atoms with E-state index in [0.717, 1.165) is 11.1 Å². The normalized spacial score (nSPS) is 10.6. The number of esters is 1. The highest BCUT2D eigenvalue weighted by molar-refractivity contribution is 5.72. The molecule has 3 heteroatoms. The molecule has 0 aliphatic carbocycles. The molecule has 0 aromatic heterocycles. The molecule has 0 aliphatic heterocycles. The van der Waals surface area contributed by atoms with Gasteiger partial charge in [-0.05, 0) is 18.1 Å². The van der Waals surface area contributed by atoms with Crippen molar-refractivity contribution in [2.75, 3.05) is 6.61 Å². The molecule has 1 aromatic carbocycles. The van der Waals surface area contributed by atoms with Crippen LogP contribution >= 0.6 is 0 Å². The molecular formula is C13H17NO2. The molecule has 0 atom stereocenters. The highest BCUT2D eigenvalue weighted by atomic mass is 16.5. The van der Waals surface area contributed by atoms with Crippen LogP contribution in [0.15, 0.2) is 30.3 Å². The predicted octanol–water partition coefficient (Wildman–Crippen LogP) is 2.11. The number of nitrogens with two attached hydrogens (primary N) is 1. The third-order valence-electron chi connectivity index (χ3n) is 2.12. The maximum Gasteiger partial charge on any atom is 0.309 e. The van der Waals surface area contributed by atoms with Gasteiger partial charge in [0, 0.05) is 6.54 Å². The summed E-state index contributed by atoms with van der Waals surface area (Å²) in [6, 6.07) is 7.90. The first-order chi connectivity index (χ1) is 7.76. The van der Waals surface area contributed by atoms with Crippen LogP contribution in [0.4, 0.5) is 0 Å². The summed E-state index contributed by atoms with van der Waals surface area (Å²) in [5.41, 5.74) is 7.65. The van der Waals surface area contributed by atoms with E-state index in [4.69, 9.17) is 10.5 Å². The van der Waals surface area contributed by atoms with Crippen LogP contribution in [-0.4, -0.2) is 12.6 Å². The lowest BCUT2D eigenvalue weighted by Gasteiger charge is -1.98. The van der Waals surface area contributed by atoms with Crippen LogP contribution in [0, 0.1) is 0 Å². The van der Waals surface area contributed by atoms with Crippen molar-refractivity contribution in [3.8, 4) is 0 Å². The minimum atomic E-state index is -0.197. The molecule has 0 spiro atoms. The quantitative estimate of drug-likeness (QED) is 0.772. The minimum absolute atomic E-state index is 0.197. The molecule has 2 N–H and O–H groups in total. The van der Waals surface area contributed by atoms with Gasteiger partial charge in [-0.1, -0.05) is 36.4 Å². The lowest BCUT2D eigenvalue weighted by molar-refractivity contribution is -0.142. The fourth-order valence-corrected chi connectivity index (χ4v) is 1.28. The molecule has 0 amide bonds. The lowest BCUT2D eigenvalue weighted by Crippen LogP contribution is -2.01. The van der Waals surface area contributed by atoms with Crippen molar-refractivity contribution in [3.05, 3.63) is 41.5 Å². The molecule has 0 saturated carbocycles. The highest BCUT2D eigenvalue weighted by Crippen LogP contribution is 2.06. The van der Waals surface area contributed by atoms with Crippen molar-refractivity contribution >= 4 is 12.0 Å². The Morgan fingerprint density at radius 1 is 1.38 bits per heavy atom. The van der Waals surface area contributed by atoms with Gasteiger partial charge in [-0.25, -0.2) is 0 Å². The van der Waals surface area contributed by atoms with Crippen molar-refractivity contribution in [1.29, 1.82) is 0 Å². The number of hydrogen-bond acceptors (Lipinski definition) is 3. The van der Waals surface area contributed by atoms with Gasteiger partial charge in [0.15, 0.2) is 0 Å². The molecule has 0 radical (unpaired) electrons. The molecule has 0 fully saturated rings. The van der Waals surface area contributed by atoms with E-state index in [1.807, 2.05) is 30.3 Å². The van der Waals surface area contributed by atoms with E-state index in [1.54, 1.807) is 13.0 Å². The van der Waals surface area contributed by atoms with Gasteiger partial charge >= 0.3 is 5.97 Å². The standard InChI is InChI=1S/C13H17NO2/c1-2-16-13(15)5-3-4-11-6-8-12(10-14)9-7-11/h3-4,6-9H,2,5,10,14H2,1H3/b4-3+. The second kappa shape index (κ2) is 6.80. The number of benzene rings is 1. The average Bonchev–Trinajstić information content (AvgIpc) is 2.30. The lowest BCUT2D eigenvalue weighted by atomic mass is 10.1. The zero-order chi connectivity index (χ0) is 11.8. The molecule has 0 bridgehead atoms. The third kappa shape index (κ3) is 4.28. The van der Waals surface area contributed by atoms with E-state index >= 15 is 0 Å². The maximum atomic E-state index is 11.0. The van der Waals surface area contributed by atoms with Crippen LogP contribution < -0.4 is 5.73 Å². The molecule has 86 valence electrons. The van der Waals surface area contributed by atoms with Gasteiger partial charge in [0.25, 0.3) is 0 Å². The van der Waals surface area contributed by atoms with Crippen molar-refractivity contribution in [3.63, 3.8) is 0 Å². The Morgan fingerprint density at radius 2 is 2.06 bits per heavy atom. The number of hydrogen-bond donors (Lipinski definition) is 1. The molecule has 0 saturated heterocycles. The summed E-state index contributed by atoms with van der Waals surface area (Å²) < 4.78 is 4.81. The predicted molar refractivity (Wildman–Crippen MR) is 64.6 cm³/mol. The van der Waals surface area contributed by atoms with Crippen LogP contribution in [0.2, 0.25) is 0 Å². The molecule has 16 heavy (non-hydrogen) atoms. The Balaban J connectivity index is 2.46. The Hall–Kier alpha value is -1.61. The summed E-state index contributed by atoms with van der Waals surface area (Å²) in [5, 5.41) is 0. The van der Waals surface area contributed by atoms with E-state index in [1.165, 1.54) is 0 Å². The number of rotatable bonds is 5. The van der Waals surface area contributed by atoms with E-state index in [-0.39, 0.29) is 5.97 Å². The monoisotopic (exact) mass is 219 g/mol. The maximum absolute atomic E-state index is 11.0. The first-order valence-electron chi connectivity index (χ1n) is 5.37. The molecule has 1 rings (SSSR count). The van der Waals surface area contributed by atoms with Crippen molar-refractivity contribution in [2.45, 2.75) is 19.9 Å². The third-order valence-corrected chi connectivity index (χ3v) is 2.12. The van der Waals surface area contributed by atoms with Crippen LogP contribution in [0.3, 0.4) is 0 Å². The summed E-state index contributed by atoms with van der Waals surface area (Å²) in [4.78, 5) is 11.0. The van der Waals surface area contributed by atoms with Gasteiger partial charge in [0.05, 0.1) is 13.0 Å². The van der Waals surface area contributed by atoms with Crippen LogP contribution in [0.5, 0.6) is 0 Å². The fourth-order valence-electron chi connectivity index (χ4n) is 1.28. The Kier molecular flexibility index (Phi) is 5.29. The van der Waals surface area contributed by atoms with Gasteiger partial charge in [-0.3, -0.25) is 4.79 Å². The smallest absolute Gasteiger partial charge is 0.309 e. The summed E-state index contributed by atoms with van der Waals surface area (Å²) in [6.07, 6.45) is 4.01. The zero-order valence-electron chi connectivity index (χ0n) is 9.48. The molecule has 0 aliphatic rings. The summed E-state index contributed by atoms with van der Waals surface area (Å²) in [5.74, 6) is -0.197. The van der Waals surface area contributed by atoms with E-state index in [9.17, 15) is 4.79 Å². The van der Waals surface area contributed by atoms with Crippen LogP contribution in [-0.2, 0) is 16.1 Å². The van der Waals surface area contributed by atoms with Gasteiger partial charge in [-0.2, -0.15) is 0 Å². The Morgan fingerprint density at radius 3 is 2.62 bits per heavy atom. The van der Waals surface area contributed by atoms with Gasteiger partial charge in [0.2, 0.25) is 0 Å². The Bertz CT molecular complexity index is 355. The summed E-state index contributed by atoms with van der Waals surface area (Å²) in [7, 11) is 0. The SMILES string of the molecule is CCOC(=O)C/C=C/c1ccc(CN)cc1. The molecule has 3 nitrogen and oxygen atoms in total. The van der Waals surface area contributed by atoms with Gasteiger partial charge < -0.3 is 10.5 Å². The molecular weight excluding hydrogens is 202 g/mol. The largest absolute Gasteiger partial charge is 0.466 e. The highest BCUT2D eigenvalue weighted by Gasteiger charge is 1.96. The van der Waals surface area contributed by atoms with Crippen LogP contribution in [0.25, 0.3) is 6.08 Å². The van der Waals surface area contributed by atoms with Gasteiger partial charge in [-0.15, -0.1) is 0 Å². The number of carbonyl (C=O) groups excluding carboxylic acids is 1. The molecule has 1 aromatic rings. The first kappa shape index (κ1) is 12.5. The Labute approximate surface area is 95.9 Å². The summed E-state index contributed by atoms with van der Waals surface area (Å²) in [6.45, 7) is 2.78. The van der Waals surface area contributed by atoms with Crippen molar-refractivity contribution in [1.82, 2.24) is 0 Å². The van der Waals surface area contributed by atoms with Crippen molar-refractivity contribution < 1.29 is 9.53 Å². The van der Waals surface area contributed by atoms with E-state index in [2.05, 4.69) is 0 Å². The fraction of sp³-hybridized carbons (Fsp3) is 0.308. The average molecular weight is 219 g/mol. The number of ether oxygens (including phenoxy) is 1. The zero-order valence-corrected chi connectivity index (χ0v) is 9.48. The van der Waals surface area contributed by atoms with Gasteiger partial charge in [0.1, 0.15) is 0 Å². The summed E-state index contributed by atoms with van der Waals surface area (Å²) >= 11 is 0. The number of carbonyl (C=O) groups is 1. The van der Waals surface area contributed by atoms with Crippen molar-refractivity contribution in [2.24, 2.45) is 5.73 Å². The van der Waals surface area contributed by atoms with Crippen LogP contribution in [0.1, 0.15) is 24.5 Å². The first-order valence-corrected chi connectivity index (χ1v) is 5.37. The second-order valence-electron chi connectivity index (χ2n) is 3.36. The molecule has 0 unspecified atom stereocenters. The molecule has 0 heterocycles. The minimum Gasteiger partial charge on any atom is -0.466 e. The second-order valence-corrected chi connectivity index (χ2v) is 3.36. The van der Waals surface area contributed by atoms with E-state index in [0.29, 0.717) is 19.6 Å². The van der Waals surface area contributed by atoms with E-state index < -0.39 is 0 Å².